The van der Waals surface area contributed by atoms with Crippen molar-refractivity contribution in [1.29, 1.82) is 0 Å². The molecule has 48 heavy (non-hydrogen) atoms. The van der Waals surface area contributed by atoms with Gasteiger partial charge in [0.05, 0.1) is 11.4 Å². The smallest absolute Gasteiger partial charge is 0.309 e. The molecule has 264 valence electrons. The maximum absolute atomic E-state index is 10.3. The zero-order chi connectivity index (χ0) is 34.7. The van der Waals surface area contributed by atoms with Gasteiger partial charge in [-0.05, 0) is 58.0 Å². The van der Waals surface area contributed by atoms with Gasteiger partial charge in [0.15, 0.2) is 5.82 Å². The Balaban J connectivity index is 0.000000195. The molecule has 1 aromatic heterocycles. The third kappa shape index (κ3) is 12.3. The lowest BCUT2D eigenvalue weighted by Gasteiger charge is -2.20. The number of aromatic nitrogens is 3. The molecule has 3 aromatic rings. The molecule has 0 bridgehead atoms. The van der Waals surface area contributed by atoms with Gasteiger partial charge in [-0.15, -0.1) is 10.2 Å². The van der Waals surface area contributed by atoms with E-state index in [9.17, 15) is 16.8 Å². The summed E-state index contributed by atoms with van der Waals surface area (Å²) in [7, 11) is -3.83. The van der Waals surface area contributed by atoms with Gasteiger partial charge >= 0.3 is 20.6 Å². The van der Waals surface area contributed by atoms with Gasteiger partial charge in [-0.25, -0.2) is 0 Å². The SMILES string of the molecule is CN(C)CCc1nnc2n1-c1ccc(Cl)cc1C(c1ccccc1)=NC2.O=S(=O)(O)NC1CCCCC1.O=S(=O)(O)NC1CCCCC1. The van der Waals surface area contributed by atoms with E-state index in [1.54, 1.807) is 0 Å². The molecule has 0 radical (unpaired) electrons. The van der Waals surface area contributed by atoms with Crippen molar-refractivity contribution in [1.82, 2.24) is 29.1 Å². The number of hydrogen-bond acceptors (Lipinski definition) is 8. The van der Waals surface area contributed by atoms with Gasteiger partial charge in [0.25, 0.3) is 0 Å². The second-order valence-electron chi connectivity index (χ2n) is 12.5. The average molecular weight is 724 g/mol. The Labute approximate surface area is 289 Å². The highest BCUT2D eigenvalue weighted by molar-refractivity contribution is 7.84. The summed E-state index contributed by atoms with van der Waals surface area (Å²) in [5.41, 5.74) is 4.05. The first kappa shape index (κ1) is 38.0. The van der Waals surface area contributed by atoms with Crippen LogP contribution in [-0.4, -0.2) is 84.0 Å². The number of halogens is 1. The normalized spacial score (nSPS) is 17.2. The molecular weight excluding hydrogens is 678 g/mol. The largest absolute Gasteiger partial charge is 0.333 e. The highest BCUT2D eigenvalue weighted by Crippen LogP contribution is 2.28. The van der Waals surface area contributed by atoms with Crippen LogP contribution in [0.15, 0.2) is 53.5 Å². The van der Waals surface area contributed by atoms with Gasteiger partial charge in [-0.1, -0.05) is 80.5 Å². The molecule has 0 unspecified atom stereocenters. The number of nitrogens with zero attached hydrogens (tertiary/aromatic N) is 5. The number of likely N-dealkylation sites (N-methyl/N-ethyl adjacent to an activating group) is 1. The molecule has 3 aliphatic rings. The molecule has 2 heterocycles. The molecule has 0 spiro atoms. The van der Waals surface area contributed by atoms with Gasteiger partial charge in [0, 0.05) is 41.2 Å². The van der Waals surface area contributed by atoms with Crippen LogP contribution in [0.5, 0.6) is 0 Å². The first-order valence-corrected chi connectivity index (χ1v) is 19.5. The molecule has 0 atom stereocenters. The maximum Gasteiger partial charge on any atom is 0.333 e. The van der Waals surface area contributed by atoms with Crippen LogP contribution < -0.4 is 9.44 Å². The van der Waals surface area contributed by atoms with Crippen LogP contribution >= 0.6 is 11.6 Å². The summed E-state index contributed by atoms with van der Waals surface area (Å²) >= 11 is 6.32. The fraction of sp³-hybridized carbons (Fsp3) is 0.531. The molecule has 0 amide bonds. The predicted octanol–water partition coefficient (Wildman–Crippen LogP) is 4.80. The van der Waals surface area contributed by atoms with E-state index in [4.69, 9.17) is 25.7 Å². The van der Waals surface area contributed by atoms with Gasteiger partial charge in [-0.2, -0.15) is 26.3 Å². The van der Waals surface area contributed by atoms with Crippen LogP contribution in [0.4, 0.5) is 0 Å². The third-order valence-corrected chi connectivity index (χ3v) is 9.80. The van der Waals surface area contributed by atoms with Crippen LogP contribution in [0.1, 0.15) is 87.0 Å². The van der Waals surface area contributed by atoms with Crippen molar-refractivity contribution >= 4 is 37.9 Å². The molecule has 2 aliphatic carbocycles. The number of fused-ring (bicyclic) bond motifs is 3. The summed E-state index contributed by atoms with van der Waals surface area (Å²) < 4.78 is 64.7. The van der Waals surface area contributed by atoms with E-state index in [-0.39, 0.29) is 12.1 Å². The Hall–Kier alpha value is -2.76. The number of rotatable bonds is 8. The molecule has 1 aliphatic heterocycles. The highest BCUT2D eigenvalue weighted by atomic mass is 35.5. The Bertz CT molecular complexity index is 1670. The van der Waals surface area contributed by atoms with Crippen molar-refractivity contribution in [2.75, 3.05) is 20.6 Å². The number of benzene rings is 2. The minimum absolute atomic E-state index is 0.0428. The van der Waals surface area contributed by atoms with Crippen molar-refractivity contribution in [3.8, 4) is 5.69 Å². The topological polar surface area (TPSA) is 179 Å². The third-order valence-electron chi connectivity index (χ3n) is 8.30. The van der Waals surface area contributed by atoms with Gasteiger partial charge in [0.1, 0.15) is 12.4 Å². The molecule has 13 nitrogen and oxygen atoms in total. The first-order chi connectivity index (χ1) is 22.8. The molecule has 2 saturated carbocycles. The Morgan fingerprint density at radius 3 is 1.92 bits per heavy atom. The fourth-order valence-corrected chi connectivity index (χ4v) is 7.54. The van der Waals surface area contributed by atoms with E-state index in [0.717, 1.165) is 98.5 Å². The minimum Gasteiger partial charge on any atom is -0.309 e. The van der Waals surface area contributed by atoms with E-state index in [0.29, 0.717) is 11.6 Å². The summed E-state index contributed by atoms with van der Waals surface area (Å²) in [5, 5.41) is 9.51. The quantitative estimate of drug-likeness (QED) is 0.238. The van der Waals surface area contributed by atoms with Crippen LogP contribution in [0, 0.1) is 0 Å². The van der Waals surface area contributed by atoms with Crippen LogP contribution in [0.3, 0.4) is 0 Å². The highest BCUT2D eigenvalue weighted by Gasteiger charge is 2.23. The van der Waals surface area contributed by atoms with Crippen LogP contribution in [0.2, 0.25) is 5.02 Å². The van der Waals surface area contributed by atoms with Crippen molar-refractivity contribution in [3.05, 3.63) is 76.3 Å². The Morgan fingerprint density at radius 1 is 0.833 bits per heavy atom. The molecule has 4 N–H and O–H groups in total. The number of aliphatic imine (C=N–C) groups is 1. The van der Waals surface area contributed by atoms with E-state index >= 15 is 0 Å². The summed E-state index contributed by atoms with van der Waals surface area (Å²) in [6, 6.07) is 16.0. The van der Waals surface area contributed by atoms with Crippen molar-refractivity contribution in [3.63, 3.8) is 0 Å². The predicted molar refractivity (Wildman–Crippen MR) is 188 cm³/mol. The van der Waals surface area contributed by atoms with E-state index in [1.165, 1.54) is 12.8 Å². The van der Waals surface area contributed by atoms with E-state index in [2.05, 4.69) is 55.3 Å². The van der Waals surface area contributed by atoms with E-state index < -0.39 is 20.6 Å². The summed E-state index contributed by atoms with van der Waals surface area (Å²) in [6.07, 6.45) is 10.7. The van der Waals surface area contributed by atoms with Gasteiger partial charge < -0.3 is 4.90 Å². The summed E-state index contributed by atoms with van der Waals surface area (Å²) in [6.45, 7) is 1.40. The Kier molecular flexibility index (Phi) is 14.1. The van der Waals surface area contributed by atoms with Crippen molar-refractivity contribution in [2.24, 2.45) is 4.99 Å². The van der Waals surface area contributed by atoms with Crippen LogP contribution in [-0.2, 0) is 33.6 Å². The lowest BCUT2D eigenvalue weighted by Crippen LogP contribution is -2.35. The van der Waals surface area contributed by atoms with Crippen LogP contribution in [0.25, 0.3) is 5.69 Å². The van der Waals surface area contributed by atoms with Crippen molar-refractivity contribution < 1.29 is 25.9 Å². The average Bonchev–Trinajstić information content (AvgIpc) is 3.36. The molecule has 2 aromatic carbocycles. The van der Waals surface area contributed by atoms with Gasteiger partial charge in [0.2, 0.25) is 0 Å². The monoisotopic (exact) mass is 723 g/mol. The summed E-state index contributed by atoms with van der Waals surface area (Å²) in [4.78, 5) is 7.00. The zero-order valence-corrected chi connectivity index (χ0v) is 29.8. The van der Waals surface area contributed by atoms with Crippen molar-refractivity contribution in [2.45, 2.75) is 89.3 Å². The lowest BCUT2D eigenvalue weighted by atomic mass is 9.96. The second kappa shape index (κ2) is 17.8. The molecule has 6 rings (SSSR count). The maximum atomic E-state index is 10.3. The Morgan fingerprint density at radius 2 is 1.40 bits per heavy atom. The minimum atomic E-state index is -3.97. The van der Waals surface area contributed by atoms with E-state index in [1.807, 2.05) is 36.4 Å². The number of nitrogens with one attached hydrogen (secondary N) is 2. The molecule has 2 fully saturated rings. The fourth-order valence-electron chi connectivity index (χ4n) is 6.05. The second-order valence-corrected chi connectivity index (χ2v) is 15.3. The molecule has 16 heteroatoms. The standard InChI is InChI=1S/C20H20ClN5.2C6H13NO3S/c1-25(2)11-10-18-23-24-19-13-22-20(14-6-4-3-5-7-14)16-12-15(21)8-9-17(16)26(18)19;2*8-11(9,10)7-6-4-2-1-3-5-6/h3-9,12H,10-11,13H2,1-2H3;2*6-7H,1-5H2,(H,8,9,10). The molecule has 0 saturated heterocycles. The zero-order valence-electron chi connectivity index (χ0n) is 27.4. The number of hydrogen-bond donors (Lipinski definition) is 4. The van der Waals surface area contributed by atoms with Gasteiger partial charge in [-0.3, -0.25) is 18.7 Å². The lowest BCUT2D eigenvalue weighted by molar-refractivity contribution is 0.388. The first-order valence-electron chi connectivity index (χ1n) is 16.3. The summed E-state index contributed by atoms with van der Waals surface area (Å²) in [5.74, 6) is 1.80. The molecular formula is C32H46ClN7O6S2.